The van der Waals surface area contributed by atoms with Crippen LogP contribution in [0.1, 0.15) is 36.2 Å². The van der Waals surface area contributed by atoms with Gasteiger partial charge in [0.05, 0.1) is 24.3 Å². The Balaban J connectivity index is 1.81. The highest BCUT2D eigenvalue weighted by Gasteiger charge is 2.34. The van der Waals surface area contributed by atoms with Crippen LogP contribution in [0.2, 0.25) is 5.02 Å². The van der Waals surface area contributed by atoms with Crippen molar-refractivity contribution >= 4 is 23.1 Å². The first-order valence-corrected chi connectivity index (χ1v) is 8.67. The molecule has 2 aliphatic heterocycles. The number of rotatable bonds is 2. The van der Waals surface area contributed by atoms with Crippen LogP contribution in [0.5, 0.6) is 0 Å². The maximum Gasteiger partial charge on any atom is 0.281 e. The number of anilines is 1. The van der Waals surface area contributed by atoms with E-state index in [2.05, 4.69) is 52.5 Å². The zero-order valence-electron chi connectivity index (χ0n) is 13.3. The highest BCUT2D eigenvalue weighted by Crippen LogP contribution is 2.32. The summed E-state index contributed by atoms with van der Waals surface area (Å²) < 4.78 is 2.43. The predicted octanol–water partition coefficient (Wildman–Crippen LogP) is 3.78. The molecule has 4 rings (SSSR count). The number of benzene rings is 2. The first kappa shape index (κ1) is 14.6. The molecule has 0 unspecified atom stereocenters. The van der Waals surface area contributed by atoms with Gasteiger partial charge in [-0.15, -0.1) is 0 Å². The van der Waals surface area contributed by atoms with E-state index in [9.17, 15) is 0 Å². The SMILES string of the molecule is CCc1ccc([C@@H]2Nc3cc(Cl)ccc3C3=[N+]2CCCN3)cc1. The van der Waals surface area contributed by atoms with E-state index in [1.165, 1.54) is 22.5 Å². The molecule has 0 aromatic heterocycles. The minimum Gasteiger partial charge on any atom is -0.343 e. The van der Waals surface area contributed by atoms with E-state index in [1.807, 2.05) is 12.1 Å². The van der Waals surface area contributed by atoms with Crippen molar-refractivity contribution in [2.45, 2.75) is 25.9 Å². The van der Waals surface area contributed by atoms with Crippen molar-refractivity contribution < 1.29 is 4.58 Å². The van der Waals surface area contributed by atoms with Crippen molar-refractivity contribution in [3.8, 4) is 0 Å². The van der Waals surface area contributed by atoms with Gasteiger partial charge >= 0.3 is 0 Å². The molecule has 2 aliphatic rings. The Morgan fingerprint density at radius 3 is 2.78 bits per heavy atom. The summed E-state index contributed by atoms with van der Waals surface area (Å²) in [5, 5.41) is 8.01. The molecule has 0 spiro atoms. The molecule has 0 saturated carbocycles. The summed E-state index contributed by atoms with van der Waals surface area (Å²) in [6, 6.07) is 15.0. The molecule has 2 N–H and O–H groups in total. The van der Waals surface area contributed by atoms with Crippen LogP contribution in [0.3, 0.4) is 0 Å². The fourth-order valence-corrected chi connectivity index (χ4v) is 3.62. The van der Waals surface area contributed by atoms with E-state index in [0.29, 0.717) is 0 Å². The van der Waals surface area contributed by atoms with Crippen LogP contribution >= 0.6 is 11.6 Å². The van der Waals surface area contributed by atoms with Crippen LogP contribution in [0.25, 0.3) is 0 Å². The zero-order valence-corrected chi connectivity index (χ0v) is 14.0. The van der Waals surface area contributed by atoms with Gasteiger partial charge in [0, 0.05) is 17.0 Å². The fraction of sp³-hybridized carbons (Fsp3) is 0.316. The highest BCUT2D eigenvalue weighted by molar-refractivity contribution is 6.31. The van der Waals surface area contributed by atoms with Crippen LogP contribution in [-0.4, -0.2) is 23.5 Å². The Hall–Kier alpha value is -2.00. The second kappa shape index (κ2) is 5.89. The number of fused-ring (bicyclic) bond motifs is 2. The lowest BCUT2D eigenvalue weighted by Gasteiger charge is -2.32. The molecule has 23 heavy (non-hydrogen) atoms. The van der Waals surface area contributed by atoms with Crippen LogP contribution in [0, 0.1) is 0 Å². The lowest BCUT2D eigenvalue weighted by molar-refractivity contribution is -0.572. The average Bonchev–Trinajstić information content (AvgIpc) is 2.61. The zero-order chi connectivity index (χ0) is 15.8. The number of hydrogen-bond acceptors (Lipinski definition) is 2. The number of nitrogens with zero attached hydrogens (tertiary/aromatic N) is 1. The Labute approximate surface area is 142 Å². The summed E-state index contributed by atoms with van der Waals surface area (Å²) in [5.41, 5.74) is 4.96. The lowest BCUT2D eigenvalue weighted by Crippen LogP contribution is -2.47. The number of aryl methyl sites for hydroxylation is 1. The van der Waals surface area contributed by atoms with E-state index in [1.54, 1.807) is 0 Å². The minimum absolute atomic E-state index is 0.148. The van der Waals surface area contributed by atoms with E-state index in [-0.39, 0.29) is 6.17 Å². The number of halogens is 1. The van der Waals surface area contributed by atoms with Gasteiger partial charge < -0.3 is 5.32 Å². The summed E-state index contributed by atoms with van der Waals surface area (Å²) in [5.74, 6) is 1.21. The van der Waals surface area contributed by atoms with Gasteiger partial charge in [-0.25, -0.2) is 4.58 Å². The summed E-state index contributed by atoms with van der Waals surface area (Å²) in [6.07, 6.45) is 2.37. The molecule has 2 heterocycles. The first-order valence-electron chi connectivity index (χ1n) is 8.29. The van der Waals surface area contributed by atoms with E-state index in [0.717, 1.165) is 36.6 Å². The maximum absolute atomic E-state index is 6.20. The monoisotopic (exact) mass is 326 g/mol. The molecule has 0 amide bonds. The van der Waals surface area contributed by atoms with Gasteiger partial charge in [-0.1, -0.05) is 42.8 Å². The van der Waals surface area contributed by atoms with Crippen LogP contribution in [0.15, 0.2) is 42.5 Å². The highest BCUT2D eigenvalue weighted by atomic mass is 35.5. The van der Waals surface area contributed by atoms with Gasteiger partial charge in [0.1, 0.15) is 0 Å². The van der Waals surface area contributed by atoms with Crippen molar-refractivity contribution in [1.82, 2.24) is 5.32 Å². The predicted molar refractivity (Wildman–Crippen MR) is 95.5 cm³/mol. The number of nitrogens with one attached hydrogen (secondary N) is 2. The second-order valence-corrected chi connectivity index (χ2v) is 6.59. The third-order valence-electron chi connectivity index (χ3n) is 4.70. The number of amidine groups is 1. The third-order valence-corrected chi connectivity index (χ3v) is 4.93. The molecule has 0 bridgehead atoms. The van der Waals surface area contributed by atoms with Crippen molar-refractivity contribution in [3.05, 3.63) is 64.2 Å². The Morgan fingerprint density at radius 2 is 2.00 bits per heavy atom. The van der Waals surface area contributed by atoms with Crippen LogP contribution in [0.4, 0.5) is 5.69 Å². The molecule has 2 aromatic rings. The molecule has 2 aromatic carbocycles. The molecule has 0 radical (unpaired) electrons. The van der Waals surface area contributed by atoms with Gasteiger partial charge in [0.25, 0.3) is 5.84 Å². The van der Waals surface area contributed by atoms with Crippen LogP contribution < -0.4 is 10.6 Å². The molecule has 1 atom stereocenters. The molecule has 0 aliphatic carbocycles. The van der Waals surface area contributed by atoms with Gasteiger partial charge in [-0.3, -0.25) is 5.32 Å². The molecular formula is C19H21ClN3+. The largest absolute Gasteiger partial charge is 0.343 e. The quantitative estimate of drug-likeness (QED) is 0.822. The molecule has 0 saturated heterocycles. The average molecular weight is 327 g/mol. The molecule has 118 valence electrons. The molecule has 4 heteroatoms. The van der Waals surface area contributed by atoms with Crippen molar-refractivity contribution in [1.29, 1.82) is 0 Å². The maximum atomic E-state index is 6.20. The summed E-state index contributed by atoms with van der Waals surface area (Å²) >= 11 is 6.20. The topological polar surface area (TPSA) is 27.1 Å². The van der Waals surface area contributed by atoms with E-state index >= 15 is 0 Å². The standard InChI is InChI=1S/C19H20ClN3/c1-2-13-4-6-14(7-5-13)18-22-17-12-15(20)8-9-16(17)19-21-10-3-11-23(18)19/h4-9,12,18H,2-3,10-11H2,1H3,(H,21,22)/p+1/t18-/m1/s1. The summed E-state index contributed by atoms with van der Waals surface area (Å²) in [7, 11) is 0. The van der Waals surface area contributed by atoms with E-state index in [4.69, 9.17) is 11.6 Å². The number of hydrogen-bond donors (Lipinski definition) is 2. The normalized spacial score (nSPS) is 19.5. The van der Waals surface area contributed by atoms with E-state index < -0.39 is 0 Å². The smallest absolute Gasteiger partial charge is 0.281 e. The Bertz CT molecular complexity index is 765. The van der Waals surface area contributed by atoms with Crippen molar-refractivity contribution in [2.75, 3.05) is 18.4 Å². The van der Waals surface area contributed by atoms with Gasteiger partial charge in [-0.2, -0.15) is 0 Å². The molecular weight excluding hydrogens is 306 g/mol. The van der Waals surface area contributed by atoms with Crippen molar-refractivity contribution in [3.63, 3.8) is 0 Å². The Morgan fingerprint density at radius 1 is 1.17 bits per heavy atom. The lowest BCUT2D eigenvalue weighted by atomic mass is 10.0. The van der Waals surface area contributed by atoms with Crippen LogP contribution in [-0.2, 0) is 6.42 Å². The Kier molecular flexibility index (Phi) is 3.74. The molecule has 3 nitrogen and oxygen atoms in total. The summed E-state index contributed by atoms with van der Waals surface area (Å²) in [6.45, 7) is 4.26. The van der Waals surface area contributed by atoms with Gasteiger partial charge in [-0.05, 0) is 30.2 Å². The first-order chi connectivity index (χ1) is 11.3. The third kappa shape index (κ3) is 2.59. The molecule has 0 fully saturated rings. The van der Waals surface area contributed by atoms with Gasteiger partial charge in [0.2, 0.25) is 0 Å². The summed E-state index contributed by atoms with van der Waals surface area (Å²) in [4.78, 5) is 0. The second-order valence-electron chi connectivity index (χ2n) is 6.15. The minimum atomic E-state index is 0.148. The van der Waals surface area contributed by atoms with Gasteiger partial charge in [0.15, 0.2) is 6.17 Å². The van der Waals surface area contributed by atoms with Crippen molar-refractivity contribution in [2.24, 2.45) is 0 Å². The fourth-order valence-electron chi connectivity index (χ4n) is 3.44.